The van der Waals surface area contributed by atoms with Crippen molar-refractivity contribution in [1.82, 2.24) is 5.32 Å². The van der Waals surface area contributed by atoms with Crippen LogP contribution in [0, 0.1) is 17.8 Å². The molecule has 1 N–H and O–H groups in total. The van der Waals surface area contributed by atoms with Crippen molar-refractivity contribution < 1.29 is 4.79 Å². The second-order valence-corrected chi connectivity index (χ2v) is 8.53. The smallest absolute Gasteiger partial charge is 0.223 e. The maximum atomic E-state index is 12.3. The molecule has 0 aromatic heterocycles. The van der Waals surface area contributed by atoms with Crippen LogP contribution < -0.4 is 5.32 Å². The van der Waals surface area contributed by atoms with Gasteiger partial charge in [0.25, 0.3) is 0 Å². The summed E-state index contributed by atoms with van der Waals surface area (Å²) in [6, 6.07) is 0. The predicted molar refractivity (Wildman–Crippen MR) is 92.7 cm³/mol. The molecule has 3 heteroatoms. The van der Waals surface area contributed by atoms with Gasteiger partial charge in [0.15, 0.2) is 0 Å². The highest BCUT2D eigenvalue weighted by molar-refractivity contribution is 9.09. The van der Waals surface area contributed by atoms with Crippen LogP contribution in [-0.2, 0) is 4.79 Å². The Balaban J connectivity index is 1.63. The number of unbranched alkanes of at least 4 members (excludes halogenated alkanes) is 1. The van der Waals surface area contributed by atoms with Gasteiger partial charge in [-0.2, -0.15) is 0 Å². The zero-order valence-electron chi connectivity index (χ0n) is 13.6. The van der Waals surface area contributed by atoms with Gasteiger partial charge in [0.1, 0.15) is 0 Å². The monoisotopic (exact) mass is 357 g/mol. The van der Waals surface area contributed by atoms with Crippen LogP contribution in [0.25, 0.3) is 0 Å². The van der Waals surface area contributed by atoms with Crippen molar-refractivity contribution in [1.29, 1.82) is 0 Å². The number of amides is 1. The molecule has 2 aliphatic carbocycles. The van der Waals surface area contributed by atoms with Crippen molar-refractivity contribution in [3.05, 3.63) is 0 Å². The molecule has 0 saturated heterocycles. The average molecular weight is 358 g/mol. The lowest BCUT2D eigenvalue weighted by Crippen LogP contribution is -2.37. The van der Waals surface area contributed by atoms with Gasteiger partial charge in [0.05, 0.1) is 0 Å². The molecule has 2 rings (SSSR count). The lowest BCUT2D eigenvalue weighted by Gasteiger charge is -2.29. The summed E-state index contributed by atoms with van der Waals surface area (Å²) in [5.41, 5.74) is 0. The number of carbonyl (C=O) groups is 1. The van der Waals surface area contributed by atoms with Gasteiger partial charge in [-0.15, -0.1) is 0 Å². The van der Waals surface area contributed by atoms with Gasteiger partial charge in [-0.3, -0.25) is 4.79 Å². The van der Waals surface area contributed by atoms with Crippen molar-refractivity contribution in [2.24, 2.45) is 17.8 Å². The van der Waals surface area contributed by atoms with Gasteiger partial charge in [-0.1, -0.05) is 48.5 Å². The fourth-order valence-corrected chi connectivity index (χ4v) is 4.86. The van der Waals surface area contributed by atoms with Gasteiger partial charge in [-0.05, 0) is 56.8 Å². The molecule has 2 aliphatic rings. The third-order valence-corrected chi connectivity index (χ3v) is 6.30. The van der Waals surface area contributed by atoms with Crippen LogP contribution >= 0.6 is 15.9 Å². The highest BCUT2D eigenvalue weighted by Gasteiger charge is 2.27. The molecule has 0 heterocycles. The second kappa shape index (κ2) is 9.17. The summed E-state index contributed by atoms with van der Waals surface area (Å²) in [5, 5.41) is 3.24. The molecular weight excluding hydrogens is 326 g/mol. The topological polar surface area (TPSA) is 29.1 Å². The van der Waals surface area contributed by atoms with Crippen molar-refractivity contribution in [3.63, 3.8) is 0 Å². The molecule has 2 nitrogen and oxygen atoms in total. The van der Waals surface area contributed by atoms with Crippen LogP contribution in [-0.4, -0.2) is 17.3 Å². The van der Waals surface area contributed by atoms with E-state index in [0.717, 1.165) is 25.3 Å². The maximum Gasteiger partial charge on any atom is 0.223 e. The van der Waals surface area contributed by atoms with Crippen LogP contribution in [0.2, 0.25) is 0 Å². The Hall–Kier alpha value is -0.0500. The standard InChI is InChI=1S/C18H32BrNO/c1-2-3-5-14-8-10-16(11-9-14)18(21)20-13-15-6-4-7-17(19)12-15/h14-17H,2-13H2,1H3,(H,20,21). The SMILES string of the molecule is CCCCC1CCC(C(=O)NCC2CCCC(Br)C2)CC1. The van der Waals surface area contributed by atoms with Gasteiger partial charge < -0.3 is 5.32 Å². The maximum absolute atomic E-state index is 12.3. The zero-order chi connectivity index (χ0) is 15.1. The van der Waals surface area contributed by atoms with E-state index >= 15 is 0 Å². The largest absolute Gasteiger partial charge is 0.356 e. The van der Waals surface area contributed by atoms with Crippen molar-refractivity contribution in [3.8, 4) is 0 Å². The first kappa shape index (κ1) is 17.3. The predicted octanol–water partition coefficient (Wildman–Crippen LogP) is 5.05. The zero-order valence-corrected chi connectivity index (χ0v) is 15.2. The number of alkyl halides is 1. The average Bonchev–Trinajstić information content (AvgIpc) is 2.51. The summed E-state index contributed by atoms with van der Waals surface area (Å²) in [6.07, 6.45) is 13.9. The number of carbonyl (C=O) groups excluding carboxylic acids is 1. The highest BCUT2D eigenvalue weighted by atomic mass is 79.9. The first-order valence-corrected chi connectivity index (χ1v) is 10.0. The summed E-state index contributed by atoms with van der Waals surface area (Å²) in [7, 11) is 0. The minimum absolute atomic E-state index is 0.297. The Morgan fingerprint density at radius 1 is 1.10 bits per heavy atom. The summed E-state index contributed by atoms with van der Waals surface area (Å²) in [4.78, 5) is 13.0. The van der Waals surface area contributed by atoms with E-state index in [-0.39, 0.29) is 0 Å². The molecule has 21 heavy (non-hydrogen) atoms. The number of halogens is 1. The van der Waals surface area contributed by atoms with E-state index in [9.17, 15) is 4.79 Å². The molecule has 0 spiro atoms. The van der Waals surface area contributed by atoms with E-state index in [0.29, 0.717) is 22.6 Å². The minimum atomic E-state index is 0.297. The first-order chi connectivity index (χ1) is 10.2. The van der Waals surface area contributed by atoms with E-state index in [2.05, 4.69) is 28.2 Å². The molecule has 0 bridgehead atoms. The summed E-state index contributed by atoms with van der Waals surface area (Å²) < 4.78 is 0. The van der Waals surface area contributed by atoms with Crippen LogP contribution in [0.5, 0.6) is 0 Å². The molecule has 0 radical (unpaired) electrons. The van der Waals surface area contributed by atoms with Gasteiger partial charge in [-0.25, -0.2) is 0 Å². The van der Waals surface area contributed by atoms with Gasteiger partial charge in [0.2, 0.25) is 5.91 Å². The van der Waals surface area contributed by atoms with E-state index in [1.54, 1.807) is 0 Å². The van der Waals surface area contributed by atoms with Crippen molar-refractivity contribution >= 4 is 21.8 Å². The third kappa shape index (κ3) is 5.92. The highest BCUT2D eigenvalue weighted by Crippen LogP contribution is 2.32. The quantitative estimate of drug-likeness (QED) is 0.661. The Bertz CT molecular complexity index is 312. The Kier molecular flexibility index (Phi) is 7.56. The Morgan fingerprint density at radius 3 is 2.52 bits per heavy atom. The van der Waals surface area contributed by atoms with E-state index < -0.39 is 0 Å². The minimum Gasteiger partial charge on any atom is -0.356 e. The number of nitrogens with one attached hydrogen (secondary N) is 1. The van der Waals surface area contributed by atoms with Crippen molar-refractivity contribution in [2.45, 2.75) is 82.4 Å². The second-order valence-electron chi connectivity index (χ2n) is 7.23. The van der Waals surface area contributed by atoms with Crippen LogP contribution in [0.15, 0.2) is 0 Å². The number of hydrogen-bond donors (Lipinski definition) is 1. The molecule has 2 saturated carbocycles. The molecule has 0 aromatic rings. The van der Waals surface area contributed by atoms with E-state index in [1.807, 2.05) is 0 Å². The lowest BCUT2D eigenvalue weighted by atomic mass is 9.79. The lowest BCUT2D eigenvalue weighted by molar-refractivity contribution is -0.126. The third-order valence-electron chi connectivity index (χ3n) is 5.47. The summed E-state index contributed by atoms with van der Waals surface area (Å²) >= 11 is 3.73. The molecule has 1 amide bonds. The summed E-state index contributed by atoms with van der Waals surface area (Å²) in [5.74, 6) is 2.21. The molecule has 2 atom stereocenters. The number of rotatable bonds is 6. The van der Waals surface area contributed by atoms with Crippen LogP contribution in [0.3, 0.4) is 0 Å². The number of hydrogen-bond acceptors (Lipinski definition) is 1. The first-order valence-electron chi connectivity index (χ1n) is 9.10. The van der Waals surface area contributed by atoms with Crippen molar-refractivity contribution in [2.75, 3.05) is 6.54 Å². The van der Waals surface area contributed by atoms with Gasteiger partial charge >= 0.3 is 0 Å². The molecular formula is C18H32BrNO. The molecule has 2 unspecified atom stereocenters. The Labute approximate surface area is 139 Å². The van der Waals surface area contributed by atoms with E-state index in [1.165, 1.54) is 57.8 Å². The van der Waals surface area contributed by atoms with E-state index in [4.69, 9.17) is 0 Å². The molecule has 0 aromatic carbocycles. The van der Waals surface area contributed by atoms with Crippen LogP contribution in [0.4, 0.5) is 0 Å². The fourth-order valence-electron chi connectivity index (χ4n) is 4.01. The molecule has 0 aliphatic heterocycles. The summed E-state index contributed by atoms with van der Waals surface area (Å²) in [6.45, 7) is 3.17. The van der Waals surface area contributed by atoms with Crippen LogP contribution in [0.1, 0.15) is 77.6 Å². The normalized spacial score (nSPS) is 33.6. The molecule has 122 valence electrons. The fraction of sp³-hybridized carbons (Fsp3) is 0.944. The van der Waals surface area contributed by atoms with Gasteiger partial charge in [0, 0.05) is 17.3 Å². The Morgan fingerprint density at radius 2 is 1.86 bits per heavy atom. The molecule has 2 fully saturated rings.